The monoisotopic (exact) mass is 372 g/mol. The normalized spacial score (nSPS) is 11.3. The molecule has 0 atom stereocenters. The fraction of sp³-hybridized carbons (Fsp3) is 0.667. The minimum atomic E-state index is -0.0913. The van der Waals surface area contributed by atoms with E-state index < -0.39 is 0 Å². The quantitative estimate of drug-likeness (QED) is 0.180. The van der Waals surface area contributed by atoms with Crippen LogP contribution in [0, 0.1) is 0 Å². The zero-order chi connectivity index (χ0) is 17.9. The number of allylic oxidation sites excluding steroid dienone is 4. The summed E-state index contributed by atoms with van der Waals surface area (Å²) in [7, 11) is -0.183. The van der Waals surface area contributed by atoms with Crippen LogP contribution in [-0.4, -0.2) is 45.5 Å². The molecule has 140 valence electrons. The molecule has 0 rings (SSSR count). The summed E-state index contributed by atoms with van der Waals surface area (Å²) in [6, 6.07) is 4.75. The first-order valence-electron chi connectivity index (χ1n) is 9.34. The van der Waals surface area contributed by atoms with Gasteiger partial charge in [-0.1, -0.05) is 12.2 Å². The summed E-state index contributed by atoms with van der Waals surface area (Å²) in [6.07, 6.45) is 8.92. The third-order valence-corrected chi connectivity index (χ3v) is 5.96. The van der Waals surface area contributed by atoms with Gasteiger partial charge in [0, 0.05) is 19.0 Å². The summed E-state index contributed by atoms with van der Waals surface area (Å²) >= 11 is 0. The van der Waals surface area contributed by atoms with Crippen molar-refractivity contribution in [1.29, 1.82) is 0 Å². The highest BCUT2D eigenvalue weighted by molar-refractivity contribution is 6.37. The standard InChI is InChI=1S/C18H36O4Si2/c1-5-19-17(20-6-2)11-15-23-13-9-10-14-24-16-12-18(21-7-3)22-8-4/h9-12H,5-8,13-16,23-24H2,1-4H3. The lowest BCUT2D eigenvalue weighted by molar-refractivity contribution is 0.0458. The van der Waals surface area contributed by atoms with E-state index in [4.69, 9.17) is 18.9 Å². The van der Waals surface area contributed by atoms with Crippen molar-refractivity contribution in [3.05, 3.63) is 36.2 Å². The molecule has 6 heteroatoms. The van der Waals surface area contributed by atoms with Gasteiger partial charge in [0.25, 0.3) is 11.9 Å². The van der Waals surface area contributed by atoms with Crippen molar-refractivity contribution in [3.8, 4) is 0 Å². The average Bonchev–Trinajstić information content (AvgIpc) is 2.57. The average molecular weight is 373 g/mol. The van der Waals surface area contributed by atoms with E-state index in [1.54, 1.807) is 0 Å². The largest absolute Gasteiger partial charge is 0.466 e. The lowest BCUT2D eigenvalue weighted by Crippen LogP contribution is -1.98. The van der Waals surface area contributed by atoms with Gasteiger partial charge in [-0.3, -0.25) is 0 Å². The molecule has 24 heavy (non-hydrogen) atoms. The first kappa shape index (κ1) is 22.9. The number of hydrogen-bond donors (Lipinski definition) is 0. The van der Waals surface area contributed by atoms with Gasteiger partial charge in [-0.2, -0.15) is 0 Å². The Balaban J connectivity index is 3.75. The van der Waals surface area contributed by atoms with Crippen LogP contribution in [0.3, 0.4) is 0 Å². The summed E-state index contributed by atoms with van der Waals surface area (Å²) < 4.78 is 21.7. The third kappa shape index (κ3) is 14.4. The summed E-state index contributed by atoms with van der Waals surface area (Å²) in [6.45, 7) is 10.6. The molecule has 0 aromatic carbocycles. The highest BCUT2D eigenvalue weighted by atomic mass is 28.2. The lowest BCUT2D eigenvalue weighted by Gasteiger charge is -2.08. The predicted molar refractivity (Wildman–Crippen MR) is 108 cm³/mol. The zero-order valence-corrected chi connectivity index (χ0v) is 18.8. The Morgan fingerprint density at radius 1 is 0.583 bits per heavy atom. The molecule has 0 heterocycles. The molecule has 0 spiro atoms. The fourth-order valence-electron chi connectivity index (χ4n) is 2.04. The van der Waals surface area contributed by atoms with E-state index in [0.29, 0.717) is 38.3 Å². The molecule has 0 saturated carbocycles. The highest BCUT2D eigenvalue weighted by Gasteiger charge is 1.97. The van der Waals surface area contributed by atoms with Gasteiger partial charge < -0.3 is 18.9 Å². The van der Waals surface area contributed by atoms with Gasteiger partial charge in [0.2, 0.25) is 0 Å². The summed E-state index contributed by atoms with van der Waals surface area (Å²) in [5.41, 5.74) is 0. The maximum absolute atomic E-state index is 5.43. The second-order valence-electron chi connectivity index (χ2n) is 5.11. The van der Waals surface area contributed by atoms with Crippen molar-refractivity contribution in [2.24, 2.45) is 0 Å². The molecule has 0 radical (unpaired) electrons. The predicted octanol–water partition coefficient (Wildman–Crippen LogP) is 3.38. The van der Waals surface area contributed by atoms with Gasteiger partial charge in [-0.25, -0.2) is 0 Å². The minimum absolute atomic E-state index is 0.0913. The SMILES string of the molecule is CCOC(=CC[SiH2]CC=CC[SiH2]CC=C(OCC)OCC)OCC. The Morgan fingerprint density at radius 3 is 1.21 bits per heavy atom. The molecule has 0 unspecified atom stereocenters. The van der Waals surface area contributed by atoms with E-state index >= 15 is 0 Å². The first-order valence-corrected chi connectivity index (χ1v) is 13.3. The van der Waals surface area contributed by atoms with Crippen molar-refractivity contribution in [3.63, 3.8) is 0 Å². The zero-order valence-electron chi connectivity index (χ0n) is 16.0. The van der Waals surface area contributed by atoms with Crippen LogP contribution in [0.2, 0.25) is 24.2 Å². The van der Waals surface area contributed by atoms with Crippen LogP contribution in [0.5, 0.6) is 0 Å². The van der Waals surface area contributed by atoms with Crippen LogP contribution in [-0.2, 0) is 18.9 Å². The van der Waals surface area contributed by atoms with E-state index in [0.717, 1.165) is 12.1 Å². The van der Waals surface area contributed by atoms with Crippen LogP contribution >= 0.6 is 0 Å². The van der Waals surface area contributed by atoms with Gasteiger partial charge in [-0.05, 0) is 64.0 Å². The molecule has 0 aromatic rings. The summed E-state index contributed by atoms with van der Waals surface area (Å²) in [5, 5.41) is 0. The molecule has 4 nitrogen and oxygen atoms in total. The molecular formula is C18H36O4Si2. The van der Waals surface area contributed by atoms with Crippen molar-refractivity contribution in [2.45, 2.75) is 51.9 Å². The van der Waals surface area contributed by atoms with Crippen LogP contribution in [0.4, 0.5) is 0 Å². The molecule has 0 saturated heterocycles. The first-order chi connectivity index (χ1) is 11.8. The fourth-order valence-corrected chi connectivity index (χ4v) is 4.33. The molecule has 0 fully saturated rings. The minimum Gasteiger partial charge on any atom is -0.466 e. The number of rotatable bonds is 16. The molecule has 0 aliphatic heterocycles. The molecular weight excluding hydrogens is 336 g/mol. The van der Waals surface area contributed by atoms with Gasteiger partial charge in [-0.15, -0.1) is 0 Å². The molecule has 0 aromatic heterocycles. The van der Waals surface area contributed by atoms with Gasteiger partial charge in [0.1, 0.15) is 0 Å². The Labute approximate surface area is 152 Å². The van der Waals surface area contributed by atoms with E-state index in [2.05, 4.69) is 24.3 Å². The van der Waals surface area contributed by atoms with E-state index in [1.165, 1.54) is 12.1 Å². The second kappa shape index (κ2) is 18.2. The highest BCUT2D eigenvalue weighted by Crippen LogP contribution is 2.04. The van der Waals surface area contributed by atoms with Gasteiger partial charge in [0.05, 0.1) is 26.4 Å². The Hall–Kier alpha value is -1.15. The summed E-state index contributed by atoms with van der Waals surface area (Å²) in [5.74, 6) is 1.41. The molecule has 0 amide bonds. The Bertz CT molecular complexity index is 318. The van der Waals surface area contributed by atoms with E-state index in [1.807, 2.05) is 27.7 Å². The summed E-state index contributed by atoms with van der Waals surface area (Å²) in [4.78, 5) is 0. The molecule has 0 aliphatic carbocycles. The lowest BCUT2D eigenvalue weighted by atomic mass is 10.6. The van der Waals surface area contributed by atoms with Crippen molar-refractivity contribution < 1.29 is 18.9 Å². The maximum Gasteiger partial charge on any atom is 0.274 e. The van der Waals surface area contributed by atoms with E-state index in [-0.39, 0.29) is 19.0 Å². The van der Waals surface area contributed by atoms with Crippen LogP contribution in [0.15, 0.2) is 36.2 Å². The smallest absolute Gasteiger partial charge is 0.274 e. The topological polar surface area (TPSA) is 36.9 Å². The Kier molecular flexibility index (Phi) is 17.3. The van der Waals surface area contributed by atoms with Crippen LogP contribution in [0.1, 0.15) is 27.7 Å². The molecule has 0 bridgehead atoms. The molecule has 0 N–H and O–H groups in total. The van der Waals surface area contributed by atoms with Crippen LogP contribution in [0.25, 0.3) is 0 Å². The van der Waals surface area contributed by atoms with Gasteiger partial charge >= 0.3 is 0 Å². The van der Waals surface area contributed by atoms with Gasteiger partial charge in [0.15, 0.2) is 0 Å². The maximum atomic E-state index is 5.43. The number of hydrogen-bond acceptors (Lipinski definition) is 4. The van der Waals surface area contributed by atoms with Crippen molar-refractivity contribution in [2.75, 3.05) is 26.4 Å². The number of ether oxygens (including phenoxy) is 4. The van der Waals surface area contributed by atoms with E-state index in [9.17, 15) is 0 Å². The molecule has 0 aliphatic rings. The van der Waals surface area contributed by atoms with Crippen molar-refractivity contribution in [1.82, 2.24) is 0 Å². The third-order valence-electron chi connectivity index (χ3n) is 3.08. The second-order valence-corrected chi connectivity index (χ2v) is 8.84. The van der Waals surface area contributed by atoms with Crippen LogP contribution < -0.4 is 0 Å². The van der Waals surface area contributed by atoms with Crippen molar-refractivity contribution >= 4 is 19.0 Å². The Morgan fingerprint density at radius 2 is 0.917 bits per heavy atom.